The molecule has 0 saturated carbocycles. The van der Waals surface area contributed by atoms with Crippen molar-refractivity contribution in [3.8, 4) is 5.75 Å². The Kier molecular flexibility index (Phi) is 5.31. The molecule has 3 rings (SSSR count). The zero-order valence-corrected chi connectivity index (χ0v) is 15.4. The average molecular weight is 392 g/mol. The van der Waals surface area contributed by atoms with Gasteiger partial charge >= 0.3 is 5.69 Å². The molecule has 27 heavy (non-hydrogen) atoms. The molecule has 2 aromatic heterocycles. The Balaban J connectivity index is 1.68. The number of nitrogens with two attached hydrogens (primary N) is 1. The van der Waals surface area contributed by atoms with Gasteiger partial charge in [-0.05, 0) is 24.3 Å². The lowest BCUT2D eigenvalue weighted by atomic mass is 10.3. The van der Waals surface area contributed by atoms with Gasteiger partial charge in [-0.25, -0.2) is 13.9 Å². The smallest absolute Gasteiger partial charge is 0.330 e. The summed E-state index contributed by atoms with van der Waals surface area (Å²) >= 11 is 1.23. The predicted molar refractivity (Wildman–Crippen MR) is 97.4 cm³/mol. The molecule has 0 bridgehead atoms. The van der Waals surface area contributed by atoms with Crippen LogP contribution in [0.15, 0.2) is 45.1 Å². The fourth-order valence-electron chi connectivity index (χ4n) is 2.24. The third-order valence-corrected chi connectivity index (χ3v) is 4.87. The van der Waals surface area contributed by atoms with Gasteiger partial charge in [-0.1, -0.05) is 11.8 Å². The maximum absolute atomic E-state index is 12.9. The summed E-state index contributed by atoms with van der Waals surface area (Å²) in [5, 5.41) is 8.36. The van der Waals surface area contributed by atoms with Gasteiger partial charge in [-0.2, -0.15) is 0 Å². The van der Waals surface area contributed by atoms with Gasteiger partial charge in [-0.15, -0.1) is 10.2 Å². The highest BCUT2D eigenvalue weighted by Gasteiger charge is 2.13. The number of halogens is 1. The van der Waals surface area contributed by atoms with E-state index in [2.05, 4.69) is 10.2 Å². The number of thioether (sulfide) groups is 1. The standard InChI is InChI=1S/C16H17FN6O3S/c1-21-11(7-14(24)22(2)16(21)25)9-27-15-20-19-13(23(15)18)8-26-12-5-3-10(17)4-6-12/h3-7H,8-9,18H2,1-2H3. The van der Waals surface area contributed by atoms with Gasteiger partial charge in [0.25, 0.3) is 5.56 Å². The summed E-state index contributed by atoms with van der Waals surface area (Å²) < 4.78 is 22.1. The zero-order chi connectivity index (χ0) is 19.6. The van der Waals surface area contributed by atoms with E-state index in [-0.39, 0.29) is 18.0 Å². The van der Waals surface area contributed by atoms with E-state index in [9.17, 15) is 14.0 Å². The summed E-state index contributed by atoms with van der Waals surface area (Å²) in [7, 11) is 3.01. The first kappa shape index (κ1) is 18.7. The van der Waals surface area contributed by atoms with Gasteiger partial charge in [-0.3, -0.25) is 13.9 Å². The monoisotopic (exact) mass is 392 g/mol. The summed E-state index contributed by atoms with van der Waals surface area (Å²) in [6.07, 6.45) is 0. The highest BCUT2D eigenvalue weighted by atomic mass is 32.2. The SMILES string of the molecule is Cn1c(CSc2nnc(COc3ccc(F)cc3)n2N)cc(=O)n(C)c1=O. The van der Waals surface area contributed by atoms with Crippen LogP contribution < -0.4 is 21.8 Å². The summed E-state index contributed by atoms with van der Waals surface area (Å²) in [6, 6.07) is 6.97. The minimum Gasteiger partial charge on any atom is -0.486 e. The van der Waals surface area contributed by atoms with E-state index in [1.807, 2.05) is 0 Å². The molecule has 9 nitrogen and oxygen atoms in total. The Hall–Kier alpha value is -3.08. The van der Waals surface area contributed by atoms with E-state index in [0.29, 0.717) is 28.2 Å². The molecule has 0 aliphatic rings. The molecule has 142 valence electrons. The molecule has 0 spiro atoms. The van der Waals surface area contributed by atoms with Gasteiger partial charge in [0.05, 0.1) is 0 Å². The second-order valence-corrected chi connectivity index (χ2v) is 6.62. The van der Waals surface area contributed by atoms with E-state index < -0.39 is 5.69 Å². The Labute approximate surface area is 157 Å². The number of benzene rings is 1. The second kappa shape index (κ2) is 7.66. The van der Waals surface area contributed by atoms with Crippen molar-refractivity contribution < 1.29 is 9.13 Å². The van der Waals surface area contributed by atoms with Gasteiger partial charge in [0.2, 0.25) is 5.16 Å². The summed E-state index contributed by atoms with van der Waals surface area (Å²) in [6.45, 7) is 0.0556. The largest absolute Gasteiger partial charge is 0.486 e. The van der Waals surface area contributed by atoms with Crippen LogP contribution in [-0.2, 0) is 26.5 Å². The third kappa shape index (κ3) is 4.03. The molecule has 11 heteroatoms. The van der Waals surface area contributed by atoms with Gasteiger partial charge in [0, 0.05) is 31.6 Å². The van der Waals surface area contributed by atoms with Crippen LogP contribution in [0.25, 0.3) is 0 Å². The normalized spacial score (nSPS) is 10.9. The van der Waals surface area contributed by atoms with E-state index in [4.69, 9.17) is 10.6 Å². The van der Waals surface area contributed by atoms with Crippen LogP contribution in [0.3, 0.4) is 0 Å². The zero-order valence-electron chi connectivity index (χ0n) is 14.6. The first-order chi connectivity index (χ1) is 12.9. The number of ether oxygens (including phenoxy) is 1. The van der Waals surface area contributed by atoms with E-state index in [1.54, 1.807) is 7.05 Å². The maximum Gasteiger partial charge on any atom is 0.330 e. The lowest BCUT2D eigenvalue weighted by Crippen LogP contribution is -2.37. The molecule has 0 amide bonds. The lowest BCUT2D eigenvalue weighted by molar-refractivity contribution is 0.291. The third-order valence-electron chi connectivity index (χ3n) is 3.89. The molecule has 0 fully saturated rings. The number of hydrogen-bond donors (Lipinski definition) is 1. The van der Waals surface area contributed by atoms with Crippen molar-refractivity contribution >= 4 is 11.8 Å². The molecule has 0 aliphatic carbocycles. The second-order valence-electron chi connectivity index (χ2n) is 5.67. The van der Waals surface area contributed by atoms with Gasteiger partial charge in [0.1, 0.15) is 18.2 Å². The van der Waals surface area contributed by atoms with Crippen LogP contribution >= 0.6 is 11.8 Å². The molecular weight excluding hydrogens is 375 g/mol. The Bertz CT molecular complexity index is 1070. The quantitative estimate of drug-likeness (QED) is 0.478. The van der Waals surface area contributed by atoms with Crippen molar-refractivity contribution in [3.05, 3.63) is 68.5 Å². The fraction of sp³-hybridized carbons (Fsp3) is 0.250. The average Bonchev–Trinajstić information content (AvgIpc) is 3.01. The van der Waals surface area contributed by atoms with Crippen molar-refractivity contribution in [2.24, 2.45) is 14.1 Å². The van der Waals surface area contributed by atoms with Crippen LogP contribution in [0.5, 0.6) is 5.75 Å². The molecule has 2 heterocycles. The molecule has 2 N–H and O–H groups in total. The van der Waals surface area contributed by atoms with Crippen molar-refractivity contribution in [3.63, 3.8) is 0 Å². The number of rotatable bonds is 6. The molecule has 0 atom stereocenters. The summed E-state index contributed by atoms with van der Waals surface area (Å²) in [5.74, 6) is 6.79. The fourth-order valence-corrected chi connectivity index (χ4v) is 3.14. The van der Waals surface area contributed by atoms with Crippen molar-refractivity contribution in [2.45, 2.75) is 17.5 Å². The van der Waals surface area contributed by atoms with E-state index >= 15 is 0 Å². The van der Waals surface area contributed by atoms with E-state index in [0.717, 1.165) is 4.57 Å². The first-order valence-electron chi connectivity index (χ1n) is 7.83. The van der Waals surface area contributed by atoms with Crippen molar-refractivity contribution in [2.75, 3.05) is 5.84 Å². The molecule has 3 aromatic rings. The first-order valence-corrected chi connectivity index (χ1v) is 8.82. The highest BCUT2D eigenvalue weighted by molar-refractivity contribution is 7.98. The molecule has 0 aliphatic heterocycles. The minimum atomic E-state index is -0.402. The van der Waals surface area contributed by atoms with Crippen molar-refractivity contribution in [1.29, 1.82) is 0 Å². The van der Waals surface area contributed by atoms with Gasteiger partial charge in [0.15, 0.2) is 5.82 Å². The van der Waals surface area contributed by atoms with Gasteiger partial charge < -0.3 is 10.6 Å². The molecule has 0 radical (unpaired) electrons. The van der Waals surface area contributed by atoms with Crippen LogP contribution in [0, 0.1) is 5.82 Å². The number of hydrogen-bond acceptors (Lipinski definition) is 7. The van der Waals surface area contributed by atoms with Crippen LogP contribution in [0.2, 0.25) is 0 Å². The Morgan fingerprint density at radius 3 is 2.56 bits per heavy atom. The highest BCUT2D eigenvalue weighted by Crippen LogP contribution is 2.20. The Morgan fingerprint density at radius 2 is 1.85 bits per heavy atom. The molecule has 0 unspecified atom stereocenters. The topological polar surface area (TPSA) is 110 Å². The summed E-state index contributed by atoms with van der Waals surface area (Å²) in [4.78, 5) is 23.7. The van der Waals surface area contributed by atoms with Crippen LogP contribution in [0.1, 0.15) is 11.5 Å². The van der Waals surface area contributed by atoms with Crippen molar-refractivity contribution in [1.82, 2.24) is 24.0 Å². The molecule has 1 aromatic carbocycles. The molecule has 0 saturated heterocycles. The van der Waals surface area contributed by atoms with E-state index in [1.165, 1.54) is 58.4 Å². The van der Waals surface area contributed by atoms with Crippen LogP contribution in [-0.4, -0.2) is 24.0 Å². The Morgan fingerprint density at radius 1 is 1.15 bits per heavy atom. The molecular formula is C16H17FN6O3S. The minimum absolute atomic E-state index is 0.0556. The lowest BCUT2D eigenvalue weighted by Gasteiger charge is -2.09. The number of aromatic nitrogens is 5. The predicted octanol–water partition coefficient (Wildman–Crippen LogP) is 0.400. The van der Waals surface area contributed by atoms with Crippen LogP contribution in [0.4, 0.5) is 4.39 Å². The maximum atomic E-state index is 12.9. The number of nitrogens with zero attached hydrogens (tertiary/aromatic N) is 5. The number of nitrogen functional groups attached to an aromatic ring is 1. The summed E-state index contributed by atoms with van der Waals surface area (Å²) in [5.41, 5.74) is -0.239.